The van der Waals surface area contributed by atoms with Crippen LogP contribution in [0.3, 0.4) is 0 Å². The van der Waals surface area contributed by atoms with Gasteiger partial charge in [-0.3, -0.25) is 0 Å². The Hall–Kier alpha value is -6.94. The van der Waals surface area contributed by atoms with E-state index in [4.69, 9.17) is 0 Å². The van der Waals surface area contributed by atoms with E-state index in [-0.39, 0.29) is 0 Å². The van der Waals surface area contributed by atoms with E-state index in [0.29, 0.717) is 0 Å². The summed E-state index contributed by atoms with van der Waals surface area (Å²) < 4.78 is 7.52. The number of para-hydroxylation sites is 1. The smallest absolute Gasteiger partial charge is 0.0547 e. The Balaban J connectivity index is 1.09. The van der Waals surface area contributed by atoms with Gasteiger partial charge in [0.1, 0.15) is 0 Å². The van der Waals surface area contributed by atoms with Gasteiger partial charge in [-0.15, -0.1) is 11.3 Å². The molecule has 3 aromatic heterocycles. The van der Waals surface area contributed by atoms with Crippen molar-refractivity contribution in [2.45, 2.75) is 0 Å². The highest BCUT2D eigenvalue weighted by atomic mass is 32.1. The summed E-state index contributed by atoms with van der Waals surface area (Å²) in [6, 6.07) is 71.6. The Morgan fingerprint density at radius 2 is 0.836 bits per heavy atom. The average Bonchev–Trinajstić information content (AvgIpc) is 3.89. The molecule has 3 heterocycles. The predicted octanol–water partition coefficient (Wildman–Crippen LogP) is 14.7. The van der Waals surface area contributed by atoms with E-state index in [1.54, 1.807) is 0 Å². The van der Waals surface area contributed by atoms with Gasteiger partial charge < -0.3 is 9.13 Å². The molecule has 3 heteroatoms. The van der Waals surface area contributed by atoms with Gasteiger partial charge in [-0.1, -0.05) is 115 Å². The summed E-state index contributed by atoms with van der Waals surface area (Å²) in [5.74, 6) is 0. The first-order chi connectivity index (χ1) is 27.2. The summed E-state index contributed by atoms with van der Waals surface area (Å²) in [7, 11) is 0. The van der Waals surface area contributed by atoms with E-state index < -0.39 is 0 Å². The second kappa shape index (κ2) is 11.8. The average molecular weight is 717 g/mol. The Labute approximate surface area is 321 Å². The summed E-state index contributed by atoms with van der Waals surface area (Å²) in [6.45, 7) is 0. The van der Waals surface area contributed by atoms with Gasteiger partial charge in [-0.25, -0.2) is 0 Å². The zero-order chi connectivity index (χ0) is 36.0. The van der Waals surface area contributed by atoms with Crippen LogP contribution in [0, 0.1) is 0 Å². The molecule has 0 radical (unpaired) electrons. The highest BCUT2D eigenvalue weighted by molar-refractivity contribution is 7.25. The van der Waals surface area contributed by atoms with Crippen LogP contribution < -0.4 is 0 Å². The highest BCUT2D eigenvalue weighted by Crippen LogP contribution is 2.42. The minimum atomic E-state index is 1.17. The zero-order valence-corrected chi connectivity index (χ0v) is 30.6. The van der Waals surface area contributed by atoms with E-state index in [1.807, 2.05) is 11.3 Å². The van der Waals surface area contributed by atoms with E-state index >= 15 is 0 Å². The lowest BCUT2D eigenvalue weighted by atomic mass is 9.99. The second-order valence-electron chi connectivity index (χ2n) is 14.6. The number of hydrogen-bond acceptors (Lipinski definition) is 1. The standard InChI is InChI=1S/C52H32N2S/c1-3-11-33(12-4-1)38-19-23-41-43-28-36(20-24-47(43)54(49(41)31-38)40-22-26-52-46(32-40)42-17-9-10-18-51(42)55-52)37-21-25-48-44(29-37)45-27-34-13-7-8-14-35(34)30-50(45)53(48)39-15-5-2-6-16-39/h1-32H. The van der Waals surface area contributed by atoms with Crippen molar-refractivity contribution in [1.29, 1.82) is 0 Å². The van der Waals surface area contributed by atoms with Crippen LogP contribution >= 0.6 is 11.3 Å². The number of hydrogen-bond donors (Lipinski definition) is 0. The molecule has 55 heavy (non-hydrogen) atoms. The van der Waals surface area contributed by atoms with Gasteiger partial charge in [0.2, 0.25) is 0 Å². The zero-order valence-electron chi connectivity index (χ0n) is 29.8. The molecule has 0 unspecified atom stereocenters. The maximum absolute atomic E-state index is 2.47. The van der Waals surface area contributed by atoms with Gasteiger partial charge in [-0.05, 0) is 112 Å². The molecule has 0 amide bonds. The molecule has 0 saturated carbocycles. The van der Waals surface area contributed by atoms with E-state index in [1.165, 1.54) is 108 Å². The fourth-order valence-corrected chi connectivity index (χ4v) is 9.97. The molecular weight excluding hydrogens is 685 g/mol. The Morgan fingerprint density at radius 3 is 1.62 bits per heavy atom. The lowest BCUT2D eigenvalue weighted by Gasteiger charge is -2.10. The van der Waals surface area contributed by atoms with Crippen LogP contribution in [0.25, 0.3) is 108 Å². The van der Waals surface area contributed by atoms with Crippen molar-refractivity contribution in [2.75, 3.05) is 0 Å². The summed E-state index contributed by atoms with van der Waals surface area (Å²) >= 11 is 1.87. The third-order valence-corrected chi connectivity index (χ3v) is 12.6. The predicted molar refractivity (Wildman–Crippen MR) is 236 cm³/mol. The van der Waals surface area contributed by atoms with Crippen LogP contribution in [0.4, 0.5) is 0 Å². The van der Waals surface area contributed by atoms with Gasteiger partial charge in [0, 0.05) is 53.1 Å². The Morgan fingerprint density at radius 1 is 0.273 bits per heavy atom. The molecular formula is C52H32N2S. The molecule has 0 aliphatic carbocycles. The second-order valence-corrected chi connectivity index (χ2v) is 15.6. The van der Waals surface area contributed by atoms with Crippen LogP contribution in [0.1, 0.15) is 0 Å². The van der Waals surface area contributed by atoms with E-state index in [9.17, 15) is 0 Å². The first-order valence-electron chi connectivity index (χ1n) is 18.8. The van der Waals surface area contributed by atoms with Gasteiger partial charge >= 0.3 is 0 Å². The molecule has 2 nitrogen and oxygen atoms in total. The maximum Gasteiger partial charge on any atom is 0.0547 e. The number of fused-ring (bicyclic) bond motifs is 10. The van der Waals surface area contributed by atoms with E-state index in [2.05, 4.69) is 203 Å². The van der Waals surface area contributed by atoms with Crippen LogP contribution in [0.2, 0.25) is 0 Å². The molecule has 0 saturated heterocycles. The summed E-state index contributed by atoms with van der Waals surface area (Å²) in [4.78, 5) is 0. The molecule has 12 rings (SSSR count). The number of benzene rings is 9. The molecule has 0 spiro atoms. The molecule has 0 aliphatic heterocycles. The number of nitrogens with zero attached hydrogens (tertiary/aromatic N) is 2. The largest absolute Gasteiger partial charge is 0.309 e. The highest BCUT2D eigenvalue weighted by Gasteiger charge is 2.18. The molecule has 256 valence electrons. The van der Waals surface area contributed by atoms with Crippen molar-refractivity contribution in [3.63, 3.8) is 0 Å². The van der Waals surface area contributed by atoms with Crippen molar-refractivity contribution in [2.24, 2.45) is 0 Å². The fourth-order valence-electron chi connectivity index (χ4n) is 8.88. The molecule has 0 fully saturated rings. The van der Waals surface area contributed by atoms with Crippen molar-refractivity contribution in [3.8, 4) is 33.6 Å². The lowest BCUT2D eigenvalue weighted by Crippen LogP contribution is -1.94. The minimum absolute atomic E-state index is 1.17. The summed E-state index contributed by atoms with van der Waals surface area (Å²) in [5, 5.41) is 10.1. The first-order valence-corrected chi connectivity index (χ1v) is 19.6. The molecule has 0 aliphatic rings. The van der Waals surface area contributed by atoms with Crippen LogP contribution in [0.5, 0.6) is 0 Å². The minimum Gasteiger partial charge on any atom is -0.309 e. The number of aromatic nitrogens is 2. The normalized spacial score (nSPS) is 12.0. The monoisotopic (exact) mass is 716 g/mol. The van der Waals surface area contributed by atoms with Crippen molar-refractivity contribution in [1.82, 2.24) is 9.13 Å². The van der Waals surface area contributed by atoms with Crippen molar-refractivity contribution < 1.29 is 0 Å². The SMILES string of the molecule is c1ccc(-c2ccc3c4cc(-c5ccc6c(c5)c5cc7ccccc7cc5n6-c5ccccc5)ccc4n(-c4ccc5sc6ccccc6c5c4)c3c2)cc1. The van der Waals surface area contributed by atoms with Crippen LogP contribution in [0.15, 0.2) is 194 Å². The van der Waals surface area contributed by atoms with Crippen molar-refractivity contribution in [3.05, 3.63) is 194 Å². The number of rotatable bonds is 4. The van der Waals surface area contributed by atoms with Gasteiger partial charge in [0.25, 0.3) is 0 Å². The number of thiophene rings is 1. The maximum atomic E-state index is 2.47. The molecule has 0 bridgehead atoms. The summed E-state index contributed by atoms with van der Waals surface area (Å²) in [6.07, 6.45) is 0. The molecule has 0 atom stereocenters. The molecule has 0 N–H and O–H groups in total. The third-order valence-electron chi connectivity index (χ3n) is 11.5. The Bertz CT molecular complexity index is 3470. The first kappa shape index (κ1) is 30.5. The van der Waals surface area contributed by atoms with Gasteiger partial charge in [0.05, 0.1) is 22.1 Å². The van der Waals surface area contributed by atoms with Crippen LogP contribution in [-0.2, 0) is 0 Å². The summed E-state index contributed by atoms with van der Waals surface area (Å²) in [5.41, 5.74) is 12.0. The van der Waals surface area contributed by atoms with E-state index in [0.717, 1.165) is 0 Å². The third kappa shape index (κ3) is 4.67. The Kier molecular flexibility index (Phi) is 6.54. The van der Waals surface area contributed by atoms with Gasteiger partial charge in [-0.2, -0.15) is 0 Å². The van der Waals surface area contributed by atoms with Crippen molar-refractivity contribution >= 4 is 85.9 Å². The lowest BCUT2D eigenvalue weighted by molar-refractivity contribution is 1.18. The topological polar surface area (TPSA) is 9.86 Å². The molecule has 9 aromatic carbocycles. The van der Waals surface area contributed by atoms with Gasteiger partial charge in [0.15, 0.2) is 0 Å². The van der Waals surface area contributed by atoms with Crippen LogP contribution in [-0.4, -0.2) is 9.13 Å². The fraction of sp³-hybridized carbons (Fsp3) is 0. The molecule has 12 aromatic rings. The quantitative estimate of drug-likeness (QED) is 0.172.